The highest BCUT2D eigenvalue weighted by atomic mass is 16.5. The number of carbonyl (C=O) groups is 2. The molecule has 0 aromatic heterocycles. The Kier molecular flexibility index (Phi) is 6.59. The molecule has 0 N–H and O–H groups in total. The van der Waals surface area contributed by atoms with Gasteiger partial charge in [-0.2, -0.15) is 0 Å². The van der Waals surface area contributed by atoms with Crippen molar-refractivity contribution in [2.24, 2.45) is 0 Å². The van der Waals surface area contributed by atoms with E-state index in [9.17, 15) is 9.59 Å². The van der Waals surface area contributed by atoms with Crippen molar-refractivity contribution in [2.45, 2.75) is 38.7 Å². The number of likely N-dealkylation sites (tertiary alicyclic amines) is 1. The molecule has 1 amide bonds. The number of rotatable bonds is 5. The summed E-state index contributed by atoms with van der Waals surface area (Å²) in [6.07, 6.45) is 4.05. The molecule has 0 spiro atoms. The zero-order chi connectivity index (χ0) is 16.7. The van der Waals surface area contributed by atoms with Crippen LogP contribution in [0.15, 0.2) is 24.3 Å². The van der Waals surface area contributed by atoms with Gasteiger partial charge in [0.05, 0.1) is 18.8 Å². The molecule has 1 aromatic rings. The van der Waals surface area contributed by atoms with Crippen LogP contribution in [-0.4, -0.2) is 49.7 Å². The lowest BCUT2D eigenvalue weighted by atomic mass is 10.1. The van der Waals surface area contributed by atoms with E-state index < -0.39 is 5.97 Å². The molecule has 23 heavy (non-hydrogen) atoms. The molecule has 0 saturated carbocycles. The molecule has 1 unspecified atom stereocenters. The number of methoxy groups -OCH3 is 1. The van der Waals surface area contributed by atoms with Crippen LogP contribution in [0.4, 0.5) is 0 Å². The first-order valence-corrected chi connectivity index (χ1v) is 8.25. The third-order valence-corrected chi connectivity index (χ3v) is 4.05. The Morgan fingerprint density at radius 1 is 1.22 bits per heavy atom. The Labute approximate surface area is 137 Å². The molecule has 1 heterocycles. The lowest BCUT2D eigenvalue weighted by molar-refractivity contribution is 0.0432. The maximum Gasteiger partial charge on any atom is 0.337 e. The van der Waals surface area contributed by atoms with Gasteiger partial charge in [0.15, 0.2) is 0 Å². The lowest BCUT2D eigenvalue weighted by Crippen LogP contribution is -2.32. The standard InChI is InChI=1S/C18H25NO4/c1-3-12-23-16-8-5-10-19(11-9-16)17(20)14-6-4-7-15(13-14)18(21)22-2/h4,6-7,13,16H,3,5,8-12H2,1-2H3. The summed E-state index contributed by atoms with van der Waals surface area (Å²) >= 11 is 0. The lowest BCUT2D eigenvalue weighted by Gasteiger charge is -2.21. The fraction of sp³-hybridized carbons (Fsp3) is 0.556. The molecule has 1 fully saturated rings. The summed E-state index contributed by atoms with van der Waals surface area (Å²) in [5.74, 6) is -0.463. The second-order valence-corrected chi connectivity index (χ2v) is 5.79. The van der Waals surface area contributed by atoms with Gasteiger partial charge in [-0.1, -0.05) is 13.0 Å². The predicted octanol–water partition coefficient (Wildman–Crippen LogP) is 2.89. The Hall–Kier alpha value is -1.88. The Balaban J connectivity index is 2.01. The fourth-order valence-electron chi connectivity index (χ4n) is 2.80. The Bertz CT molecular complexity index is 544. The van der Waals surface area contributed by atoms with Crippen molar-refractivity contribution in [3.63, 3.8) is 0 Å². The van der Waals surface area contributed by atoms with Gasteiger partial charge in [-0.05, 0) is 43.9 Å². The Morgan fingerprint density at radius 3 is 2.74 bits per heavy atom. The molecular weight excluding hydrogens is 294 g/mol. The minimum Gasteiger partial charge on any atom is -0.465 e. The summed E-state index contributed by atoms with van der Waals surface area (Å²) in [5, 5.41) is 0. The quantitative estimate of drug-likeness (QED) is 0.783. The van der Waals surface area contributed by atoms with Crippen molar-refractivity contribution in [2.75, 3.05) is 26.8 Å². The van der Waals surface area contributed by atoms with Gasteiger partial charge in [0.2, 0.25) is 0 Å². The largest absolute Gasteiger partial charge is 0.465 e. The third-order valence-electron chi connectivity index (χ3n) is 4.05. The summed E-state index contributed by atoms with van der Waals surface area (Å²) in [5.41, 5.74) is 0.929. The minimum atomic E-state index is -0.427. The topological polar surface area (TPSA) is 55.8 Å². The molecular formula is C18H25NO4. The van der Waals surface area contributed by atoms with E-state index in [0.29, 0.717) is 17.7 Å². The van der Waals surface area contributed by atoms with Gasteiger partial charge in [-0.25, -0.2) is 4.79 Å². The van der Waals surface area contributed by atoms with Crippen LogP contribution in [0.3, 0.4) is 0 Å². The van der Waals surface area contributed by atoms with Crippen LogP contribution < -0.4 is 0 Å². The molecule has 5 heteroatoms. The van der Waals surface area contributed by atoms with Gasteiger partial charge >= 0.3 is 5.97 Å². The van der Waals surface area contributed by atoms with Crippen molar-refractivity contribution in [3.05, 3.63) is 35.4 Å². The summed E-state index contributed by atoms with van der Waals surface area (Å²) < 4.78 is 10.5. The number of esters is 1. The van der Waals surface area contributed by atoms with Gasteiger partial charge in [0.25, 0.3) is 5.91 Å². The maximum absolute atomic E-state index is 12.7. The van der Waals surface area contributed by atoms with E-state index in [4.69, 9.17) is 9.47 Å². The molecule has 1 aliphatic rings. The van der Waals surface area contributed by atoms with E-state index in [1.54, 1.807) is 24.3 Å². The van der Waals surface area contributed by atoms with Crippen molar-refractivity contribution >= 4 is 11.9 Å². The molecule has 0 aliphatic carbocycles. The average molecular weight is 319 g/mol. The SMILES string of the molecule is CCCOC1CCCN(C(=O)c2cccc(C(=O)OC)c2)CC1. The van der Waals surface area contributed by atoms with Crippen LogP contribution in [0.1, 0.15) is 53.3 Å². The normalized spacial score (nSPS) is 18.3. The first-order chi connectivity index (χ1) is 11.2. The highest BCUT2D eigenvalue weighted by molar-refractivity contribution is 5.97. The average Bonchev–Trinajstić information content (AvgIpc) is 2.84. The molecule has 126 valence electrons. The van der Waals surface area contributed by atoms with Gasteiger partial charge in [-0.3, -0.25) is 4.79 Å². The zero-order valence-electron chi connectivity index (χ0n) is 13.9. The number of nitrogens with zero attached hydrogens (tertiary/aromatic N) is 1. The van der Waals surface area contributed by atoms with Crippen LogP contribution in [0.25, 0.3) is 0 Å². The number of hydrogen-bond acceptors (Lipinski definition) is 4. The summed E-state index contributed by atoms with van der Waals surface area (Å²) in [6.45, 7) is 4.30. The van der Waals surface area contributed by atoms with Crippen molar-refractivity contribution in [1.29, 1.82) is 0 Å². The molecule has 0 bridgehead atoms. The van der Waals surface area contributed by atoms with Crippen LogP contribution in [0.5, 0.6) is 0 Å². The summed E-state index contributed by atoms with van der Waals surface area (Å²) in [4.78, 5) is 26.1. The van der Waals surface area contributed by atoms with Gasteiger partial charge in [0, 0.05) is 25.3 Å². The molecule has 1 aliphatic heterocycles. The van der Waals surface area contributed by atoms with E-state index in [1.807, 2.05) is 4.90 Å². The van der Waals surface area contributed by atoms with Crippen molar-refractivity contribution in [1.82, 2.24) is 4.90 Å². The number of amides is 1. The fourth-order valence-corrected chi connectivity index (χ4v) is 2.80. The van der Waals surface area contributed by atoms with Gasteiger partial charge < -0.3 is 14.4 Å². The predicted molar refractivity (Wildman–Crippen MR) is 87.6 cm³/mol. The molecule has 1 atom stereocenters. The third kappa shape index (κ3) is 4.79. The first kappa shape index (κ1) is 17.5. The van der Waals surface area contributed by atoms with Crippen LogP contribution >= 0.6 is 0 Å². The van der Waals surface area contributed by atoms with Crippen molar-refractivity contribution < 1.29 is 19.1 Å². The highest BCUT2D eigenvalue weighted by Gasteiger charge is 2.22. The molecule has 0 radical (unpaired) electrons. The zero-order valence-corrected chi connectivity index (χ0v) is 13.9. The number of hydrogen-bond donors (Lipinski definition) is 0. The second kappa shape index (κ2) is 8.67. The molecule has 1 saturated heterocycles. The number of benzene rings is 1. The molecule has 2 rings (SSSR count). The van der Waals surface area contributed by atoms with E-state index in [-0.39, 0.29) is 12.0 Å². The summed E-state index contributed by atoms with van der Waals surface area (Å²) in [7, 11) is 1.34. The van der Waals surface area contributed by atoms with E-state index in [2.05, 4.69) is 6.92 Å². The minimum absolute atomic E-state index is 0.0353. The van der Waals surface area contributed by atoms with E-state index in [0.717, 1.165) is 38.8 Å². The molecule has 1 aromatic carbocycles. The summed E-state index contributed by atoms with van der Waals surface area (Å²) in [6, 6.07) is 6.71. The highest BCUT2D eigenvalue weighted by Crippen LogP contribution is 2.17. The second-order valence-electron chi connectivity index (χ2n) is 5.79. The number of ether oxygens (including phenoxy) is 2. The van der Waals surface area contributed by atoms with Crippen LogP contribution in [0.2, 0.25) is 0 Å². The van der Waals surface area contributed by atoms with Gasteiger partial charge in [-0.15, -0.1) is 0 Å². The number of carbonyl (C=O) groups excluding carboxylic acids is 2. The Morgan fingerprint density at radius 2 is 2.00 bits per heavy atom. The van der Waals surface area contributed by atoms with E-state index >= 15 is 0 Å². The monoisotopic (exact) mass is 319 g/mol. The van der Waals surface area contributed by atoms with Crippen LogP contribution in [-0.2, 0) is 9.47 Å². The van der Waals surface area contributed by atoms with E-state index in [1.165, 1.54) is 7.11 Å². The molecule has 5 nitrogen and oxygen atoms in total. The van der Waals surface area contributed by atoms with Crippen LogP contribution in [0, 0.1) is 0 Å². The maximum atomic E-state index is 12.7. The van der Waals surface area contributed by atoms with Crippen molar-refractivity contribution in [3.8, 4) is 0 Å². The first-order valence-electron chi connectivity index (χ1n) is 8.25. The van der Waals surface area contributed by atoms with Gasteiger partial charge in [0.1, 0.15) is 0 Å². The smallest absolute Gasteiger partial charge is 0.337 e.